The summed E-state index contributed by atoms with van der Waals surface area (Å²) in [5, 5.41) is 15.5. The average molecular weight is 228 g/mol. The summed E-state index contributed by atoms with van der Waals surface area (Å²) >= 11 is 0. The van der Waals surface area contributed by atoms with E-state index in [1.807, 2.05) is 47.6 Å². The molecule has 0 bridgehead atoms. The van der Waals surface area contributed by atoms with E-state index >= 15 is 0 Å². The maximum absolute atomic E-state index is 4.29. The zero-order chi connectivity index (χ0) is 11.8. The van der Waals surface area contributed by atoms with Gasteiger partial charge in [-0.1, -0.05) is 6.07 Å². The molecular formula is C11H12N6. The van der Waals surface area contributed by atoms with Crippen LogP contribution < -0.4 is 5.32 Å². The van der Waals surface area contributed by atoms with Crippen LogP contribution in [0.2, 0.25) is 0 Å². The normalized spacial score (nSPS) is 10.9. The van der Waals surface area contributed by atoms with Gasteiger partial charge in [0, 0.05) is 20.3 Å². The van der Waals surface area contributed by atoms with Gasteiger partial charge in [-0.3, -0.25) is 4.57 Å². The second kappa shape index (κ2) is 3.58. The first-order valence-corrected chi connectivity index (χ1v) is 5.31. The van der Waals surface area contributed by atoms with Crippen LogP contribution in [0.3, 0.4) is 0 Å². The van der Waals surface area contributed by atoms with Crippen LogP contribution in [0.1, 0.15) is 0 Å². The van der Waals surface area contributed by atoms with Gasteiger partial charge in [-0.05, 0) is 12.1 Å². The molecule has 0 spiro atoms. The highest BCUT2D eigenvalue weighted by atomic mass is 15.3. The molecule has 0 aliphatic carbocycles. The number of anilines is 1. The molecule has 0 aliphatic rings. The number of rotatable bonds is 2. The summed E-state index contributed by atoms with van der Waals surface area (Å²) in [6.45, 7) is 0. The van der Waals surface area contributed by atoms with Gasteiger partial charge in [0.25, 0.3) is 0 Å². The van der Waals surface area contributed by atoms with E-state index in [1.165, 1.54) is 0 Å². The number of hydrogen-bond acceptors (Lipinski definition) is 4. The molecule has 0 saturated carbocycles. The van der Waals surface area contributed by atoms with E-state index in [4.69, 9.17) is 0 Å². The van der Waals surface area contributed by atoms with Crippen molar-refractivity contribution in [1.82, 2.24) is 24.4 Å². The van der Waals surface area contributed by atoms with E-state index in [9.17, 15) is 0 Å². The lowest BCUT2D eigenvalue weighted by molar-refractivity contribution is 0.926. The summed E-state index contributed by atoms with van der Waals surface area (Å²) in [4.78, 5) is 0. The fourth-order valence-corrected chi connectivity index (χ4v) is 1.89. The van der Waals surface area contributed by atoms with Crippen molar-refractivity contribution in [2.75, 3.05) is 12.4 Å². The molecule has 86 valence electrons. The maximum atomic E-state index is 4.29. The first-order chi connectivity index (χ1) is 8.31. The Kier molecular flexibility index (Phi) is 2.07. The predicted octanol–water partition coefficient (Wildman–Crippen LogP) is 1.17. The summed E-state index contributed by atoms with van der Waals surface area (Å²) in [5.74, 6) is 1.53. The Morgan fingerprint density at radius 3 is 2.88 bits per heavy atom. The summed E-state index contributed by atoms with van der Waals surface area (Å²) in [7, 11) is 3.75. The van der Waals surface area contributed by atoms with Gasteiger partial charge in [0.15, 0.2) is 5.82 Å². The zero-order valence-electron chi connectivity index (χ0n) is 9.62. The van der Waals surface area contributed by atoms with Gasteiger partial charge >= 0.3 is 0 Å². The Bertz CT molecular complexity index is 665. The largest absolute Gasteiger partial charge is 0.357 e. The first-order valence-electron chi connectivity index (χ1n) is 5.31. The molecule has 6 heteroatoms. The lowest BCUT2D eigenvalue weighted by atomic mass is 10.2. The fourth-order valence-electron chi connectivity index (χ4n) is 1.89. The monoisotopic (exact) mass is 228 g/mol. The van der Waals surface area contributed by atoms with Crippen LogP contribution in [-0.2, 0) is 7.05 Å². The molecule has 3 heterocycles. The standard InChI is InChI=1S/C11H12N6/c1-12-11-15-14-10(16(11)2)8-7-13-17-6-4-3-5-9(8)17/h3-7H,1-2H3,(H,12,15). The highest BCUT2D eigenvalue weighted by Gasteiger charge is 2.13. The van der Waals surface area contributed by atoms with Crippen molar-refractivity contribution >= 4 is 11.5 Å². The van der Waals surface area contributed by atoms with E-state index in [1.54, 1.807) is 6.20 Å². The van der Waals surface area contributed by atoms with Gasteiger partial charge in [-0.2, -0.15) is 5.10 Å². The Hall–Kier alpha value is -2.37. The molecule has 3 aromatic rings. The molecule has 0 aromatic carbocycles. The number of fused-ring (bicyclic) bond motifs is 1. The van der Waals surface area contributed by atoms with Crippen LogP contribution in [0.25, 0.3) is 16.9 Å². The number of hydrogen-bond donors (Lipinski definition) is 1. The van der Waals surface area contributed by atoms with Crippen molar-refractivity contribution in [1.29, 1.82) is 0 Å². The van der Waals surface area contributed by atoms with Crippen molar-refractivity contribution in [3.05, 3.63) is 30.6 Å². The number of nitrogens with zero attached hydrogens (tertiary/aromatic N) is 5. The van der Waals surface area contributed by atoms with Crippen molar-refractivity contribution in [3.63, 3.8) is 0 Å². The summed E-state index contributed by atoms with van der Waals surface area (Å²) in [6.07, 6.45) is 3.72. The third-order valence-electron chi connectivity index (χ3n) is 2.77. The summed E-state index contributed by atoms with van der Waals surface area (Å²) in [6, 6.07) is 5.94. The maximum Gasteiger partial charge on any atom is 0.224 e. The van der Waals surface area contributed by atoms with Gasteiger partial charge in [-0.15, -0.1) is 10.2 Å². The highest BCUT2D eigenvalue weighted by molar-refractivity contribution is 5.76. The molecule has 0 saturated heterocycles. The molecule has 6 nitrogen and oxygen atoms in total. The van der Waals surface area contributed by atoms with Crippen LogP contribution in [0.5, 0.6) is 0 Å². The van der Waals surface area contributed by atoms with E-state index in [0.29, 0.717) is 0 Å². The minimum atomic E-state index is 0.732. The number of aromatic nitrogens is 5. The van der Waals surface area contributed by atoms with Gasteiger partial charge in [0.1, 0.15) is 0 Å². The highest BCUT2D eigenvalue weighted by Crippen LogP contribution is 2.23. The first kappa shape index (κ1) is 9.83. The minimum Gasteiger partial charge on any atom is -0.357 e. The van der Waals surface area contributed by atoms with Crippen LogP contribution in [-0.4, -0.2) is 31.4 Å². The van der Waals surface area contributed by atoms with E-state index < -0.39 is 0 Å². The van der Waals surface area contributed by atoms with Gasteiger partial charge < -0.3 is 5.32 Å². The Balaban J connectivity index is 2.24. The topological polar surface area (TPSA) is 60.0 Å². The molecule has 0 aliphatic heterocycles. The molecule has 0 amide bonds. The lowest BCUT2D eigenvalue weighted by Crippen LogP contribution is -1.99. The molecule has 17 heavy (non-hydrogen) atoms. The molecule has 1 N–H and O–H groups in total. The summed E-state index contributed by atoms with van der Waals surface area (Å²) in [5.41, 5.74) is 1.99. The van der Waals surface area contributed by atoms with Gasteiger partial charge in [0.05, 0.1) is 17.3 Å². The Labute approximate surface area is 97.9 Å². The van der Waals surface area contributed by atoms with Crippen molar-refractivity contribution in [2.24, 2.45) is 7.05 Å². The number of pyridine rings is 1. The molecule has 0 atom stereocenters. The molecule has 0 fully saturated rings. The van der Waals surface area contributed by atoms with E-state index in [2.05, 4.69) is 20.6 Å². The molecule has 0 radical (unpaired) electrons. The molecule has 3 rings (SSSR count). The SMILES string of the molecule is CNc1nnc(-c2cnn3ccccc23)n1C. The van der Waals surface area contributed by atoms with Crippen LogP contribution in [0.4, 0.5) is 5.95 Å². The molecule has 0 unspecified atom stereocenters. The quantitative estimate of drug-likeness (QED) is 0.715. The second-order valence-electron chi connectivity index (χ2n) is 3.74. The smallest absolute Gasteiger partial charge is 0.224 e. The van der Waals surface area contributed by atoms with Crippen LogP contribution in [0, 0.1) is 0 Å². The minimum absolute atomic E-state index is 0.732. The van der Waals surface area contributed by atoms with E-state index in [-0.39, 0.29) is 0 Å². The third kappa shape index (κ3) is 1.37. The van der Waals surface area contributed by atoms with Gasteiger partial charge in [-0.25, -0.2) is 4.52 Å². The van der Waals surface area contributed by atoms with E-state index in [0.717, 1.165) is 22.9 Å². The summed E-state index contributed by atoms with van der Waals surface area (Å²) < 4.78 is 3.73. The molecule has 3 aromatic heterocycles. The second-order valence-corrected chi connectivity index (χ2v) is 3.74. The van der Waals surface area contributed by atoms with Crippen molar-refractivity contribution in [2.45, 2.75) is 0 Å². The molecular weight excluding hydrogens is 216 g/mol. The van der Waals surface area contributed by atoms with Crippen molar-refractivity contribution in [3.8, 4) is 11.4 Å². The zero-order valence-corrected chi connectivity index (χ0v) is 9.62. The third-order valence-corrected chi connectivity index (χ3v) is 2.77. The fraction of sp³-hybridized carbons (Fsp3) is 0.182. The average Bonchev–Trinajstić information content (AvgIpc) is 2.92. The Morgan fingerprint density at radius 1 is 1.24 bits per heavy atom. The lowest BCUT2D eigenvalue weighted by Gasteiger charge is -2.01. The van der Waals surface area contributed by atoms with Gasteiger partial charge in [0.2, 0.25) is 5.95 Å². The van der Waals surface area contributed by atoms with Crippen molar-refractivity contribution < 1.29 is 0 Å². The predicted molar refractivity (Wildman–Crippen MR) is 64.7 cm³/mol. The Morgan fingerprint density at radius 2 is 2.12 bits per heavy atom. The number of nitrogens with one attached hydrogen (secondary N) is 1. The van der Waals surface area contributed by atoms with Crippen LogP contribution in [0.15, 0.2) is 30.6 Å². The van der Waals surface area contributed by atoms with Crippen LogP contribution >= 0.6 is 0 Å².